The molecule has 10 nitrogen and oxygen atoms in total. The Labute approximate surface area is 174 Å². The monoisotopic (exact) mass is 421 g/mol. The number of thiazole rings is 1. The number of benzene rings is 1. The molecule has 0 saturated carbocycles. The number of hydrogen-bond donors (Lipinski definition) is 2. The lowest BCUT2D eigenvalue weighted by Gasteiger charge is -2.00. The van der Waals surface area contributed by atoms with Crippen LogP contribution in [0.1, 0.15) is 22.2 Å². The fraction of sp³-hybridized carbons (Fsp3) is 0.105. The van der Waals surface area contributed by atoms with Crippen LogP contribution in [0.2, 0.25) is 0 Å². The Bertz CT molecular complexity index is 1150. The van der Waals surface area contributed by atoms with Crippen LogP contribution in [-0.4, -0.2) is 36.9 Å². The number of aromatic nitrogens is 5. The molecule has 4 rings (SSSR count). The van der Waals surface area contributed by atoms with Crippen molar-refractivity contribution in [1.29, 1.82) is 0 Å². The average Bonchev–Trinajstić information content (AvgIpc) is 3.43. The van der Waals surface area contributed by atoms with Crippen LogP contribution < -0.4 is 10.6 Å². The first-order valence-corrected chi connectivity index (χ1v) is 9.73. The number of carbonyl (C=O) groups excluding carboxylic acids is 2. The highest BCUT2D eigenvalue weighted by Crippen LogP contribution is 2.17. The molecule has 0 unspecified atom stereocenters. The van der Waals surface area contributed by atoms with Gasteiger partial charge >= 0.3 is 0 Å². The molecule has 0 aliphatic heterocycles. The Balaban J connectivity index is 1.28. The highest BCUT2D eigenvalue weighted by atomic mass is 32.1. The second-order valence-corrected chi connectivity index (χ2v) is 6.86. The van der Waals surface area contributed by atoms with E-state index in [0.29, 0.717) is 22.5 Å². The number of hydrogen-bond acceptors (Lipinski definition) is 9. The van der Waals surface area contributed by atoms with Crippen LogP contribution in [0.4, 0.5) is 5.13 Å². The molecule has 2 amide bonds. The van der Waals surface area contributed by atoms with Gasteiger partial charge in [-0.25, -0.2) is 15.0 Å². The summed E-state index contributed by atoms with van der Waals surface area (Å²) in [7, 11) is 0. The number of carbonyl (C=O) groups is 2. The van der Waals surface area contributed by atoms with E-state index in [2.05, 4.69) is 35.7 Å². The summed E-state index contributed by atoms with van der Waals surface area (Å²) in [5, 5.41) is 11.3. The van der Waals surface area contributed by atoms with Crippen molar-refractivity contribution >= 4 is 28.3 Å². The number of rotatable bonds is 7. The van der Waals surface area contributed by atoms with Crippen LogP contribution in [0.5, 0.6) is 0 Å². The van der Waals surface area contributed by atoms with Crippen LogP contribution in [0.3, 0.4) is 0 Å². The molecule has 4 aromatic rings. The lowest BCUT2D eigenvalue weighted by atomic mass is 10.2. The summed E-state index contributed by atoms with van der Waals surface area (Å²) in [6.07, 6.45) is 3.01. The third-order valence-corrected chi connectivity index (χ3v) is 4.63. The maximum atomic E-state index is 12.2. The normalized spacial score (nSPS) is 10.5. The van der Waals surface area contributed by atoms with Crippen LogP contribution in [-0.2, 0) is 17.8 Å². The summed E-state index contributed by atoms with van der Waals surface area (Å²) < 4.78 is 5.16. The molecule has 1 aromatic carbocycles. The van der Waals surface area contributed by atoms with Gasteiger partial charge in [0.15, 0.2) is 5.13 Å². The van der Waals surface area contributed by atoms with Crippen molar-refractivity contribution in [3.8, 4) is 11.4 Å². The number of nitrogens with one attached hydrogen (secondary N) is 2. The molecule has 30 heavy (non-hydrogen) atoms. The molecule has 0 fully saturated rings. The fourth-order valence-electron chi connectivity index (χ4n) is 2.45. The lowest BCUT2D eigenvalue weighted by molar-refractivity contribution is -0.120. The molecule has 2 N–H and O–H groups in total. The first-order chi connectivity index (χ1) is 14.7. The molecular formula is C19H15N7O3S. The van der Waals surface area contributed by atoms with Gasteiger partial charge in [-0.2, -0.15) is 4.98 Å². The Morgan fingerprint density at radius 1 is 1.03 bits per heavy atom. The van der Waals surface area contributed by atoms with Crippen molar-refractivity contribution < 1.29 is 14.1 Å². The van der Waals surface area contributed by atoms with Gasteiger partial charge in [0, 0.05) is 23.3 Å². The molecule has 0 spiro atoms. The molecule has 3 heterocycles. The van der Waals surface area contributed by atoms with Crippen molar-refractivity contribution in [2.24, 2.45) is 0 Å². The van der Waals surface area contributed by atoms with Crippen molar-refractivity contribution in [3.05, 3.63) is 71.6 Å². The van der Waals surface area contributed by atoms with Crippen molar-refractivity contribution in [3.63, 3.8) is 0 Å². The summed E-state index contributed by atoms with van der Waals surface area (Å²) in [4.78, 5) is 40.4. The number of amides is 2. The first kappa shape index (κ1) is 19.3. The van der Waals surface area contributed by atoms with E-state index in [0.717, 1.165) is 5.56 Å². The Morgan fingerprint density at radius 2 is 1.83 bits per heavy atom. The van der Waals surface area contributed by atoms with E-state index in [1.54, 1.807) is 11.4 Å². The van der Waals surface area contributed by atoms with E-state index < -0.39 is 5.91 Å². The van der Waals surface area contributed by atoms with E-state index in [9.17, 15) is 9.59 Å². The highest BCUT2D eigenvalue weighted by molar-refractivity contribution is 7.14. The highest BCUT2D eigenvalue weighted by Gasteiger charge is 2.14. The molecule has 150 valence electrons. The quantitative estimate of drug-likeness (QED) is 0.463. The summed E-state index contributed by atoms with van der Waals surface area (Å²) in [6, 6.07) is 11.0. The van der Waals surface area contributed by atoms with Crippen LogP contribution in [0, 0.1) is 0 Å². The minimum atomic E-state index is -0.466. The third-order valence-electron chi connectivity index (χ3n) is 3.82. The summed E-state index contributed by atoms with van der Waals surface area (Å²) in [6.45, 7) is 0.109. The smallest absolute Gasteiger partial charge is 0.295 e. The standard InChI is InChI=1S/C19H15N7O3S/c27-14(22-10-15-24-16(26-29-15)12-5-2-1-3-6-12)9-13-11-30-19(23-13)25-18(28)17-20-7-4-8-21-17/h1-8,11H,9-10H2,(H,22,27)(H,23,25,28). The Hall–Kier alpha value is -3.99. The second kappa shape index (κ2) is 9.01. The predicted octanol–water partition coefficient (Wildman–Crippen LogP) is 2.09. The zero-order valence-corrected chi connectivity index (χ0v) is 16.3. The zero-order valence-electron chi connectivity index (χ0n) is 15.5. The van der Waals surface area contributed by atoms with Gasteiger partial charge in [-0.3, -0.25) is 14.9 Å². The number of nitrogens with zero attached hydrogens (tertiary/aromatic N) is 5. The third kappa shape index (κ3) is 4.89. The second-order valence-electron chi connectivity index (χ2n) is 6.00. The van der Waals surface area contributed by atoms with Gasteiger partial charge in [0.1, 0.15) is 0 Å². The van der Waals surface area contributed by atoms with E-state index >= 15 is 0 Å². The molecule has 0 aliphatic carbocycles. The molecule has 0 radical (unpaired) electrons. The molecule has 0 bridgehead atoms. The summed E-state index contributed by atoms with van der Waals surface area (Å²) in [5.41, 5.74) is 1.36. The van der Waals surface area contributed by atoms with Crippen molar-refractivity contribution in [1.82, 2.24) is 30.4 Å². The molecule has 0 aliphatic rings. The van der Waals surface area contributed by atoms with Crippen LogP contribution >= 0.6 is 11.3 Å². The first-order valence-electron chi connectivity index (χ1n) is 8.85. The van der Waals surface area contributed by atoms with Gasteiger partial charge in [-0.15, -0.1) is 11.3 Å². The van der Waals surface area contributed by atoms with Gasteiger partial charge < -0.3 is 9.84 Å². The van der Waals surface area contributed by atoms with E-state index in [1.165, 1.54) is 23.7 Å². The predicted molar refractivity (Wildman–Crippen MR) is 107 cm³/mol. The topological polar surface area (TPSA) is 136 Å². The molecule has 3 aromatic heterocycles. The summed E-state index contributed by atoms with van der Waals surface area (Å²) >= 11 is 1.21. The van der Waals surface area contributed by atoms with Crippen molar-refractivity contribution in [2.75, 3.05) is 5.32 Å². The Kier molecular flexibility index (Phi) is 5.80. The summed E-state index contributed by atoms with van der Waals surface area (Å²) in [5.74, 6) is 0.0791. The SMILES string of the molecule is O=C(Cc1csc(NC(=O)c2ncccn2)n1)NCc1nc(-c2ccccc2)no1. The zero-order chi connectivity index (χ0) is 20.8. The van der Waals surface area contributed by atoms with Gasteiger partial charge in [0.05, 0.1) is 18.7 Å². The molecule has 0 saturated heterocycles. The van der Waals surface area contributed by atoms with E-state index in [4.69, 9.17) is 4.52 Å². The number of anilines is 1. The molecular weight excluding hydrogens is 406 g/mol. The van der Waals surface area contributed by atoms with E-state index in [-0.39, 0.29) is 24.7 Å². The molecule has 11 heteroatoms. The van der Waals surface area contributed by atoms with E-state index in [1.807, 2.05) is 30.3 Å². The Morgan fingerprint density at radius 3 is 2.63 bits per heavy atom. The van der Waals surface area contributed by atoms with Gasteiger partial charge in [-0.05, 0) is 6.07 Å². The van der Waals surface area contributed by atoms with Crippen LogP contribution in [0.25, 0.3) is 11.4 Å². The average molecular weight is 421 g/mol. The van der Waals surface area contributed by atoms with Gasteiger partial charge in [0.2, 0.25) is 23.4 Å². The lowest BCUT2D eigenvalue weighted by Crippen LogP contribution is -2.24. The van der Waals surface area contributed by atoms with Gasteiger partial charge in [0.25, 0.3) is 5.91 Å². The maximum Gasteiger partial charge on any atom is 0.295 e. The maximum absolute atomic E-state index is 12.2. The van der Waals surface area contributed by atoms with Crippen molar-refractivity contribution in [2.45, 2.75) is 13.0 Å². The largest absolute Gasteiger partial charge is 0.347 e. The van der Waals surface area contributed by atoms with Gasteiger partial charge in [-0.1, -0.05) is 35.5 Å². The minimum absolute atomic E-state index is 0.0430. The fourth-order valence-corrected chi connectivity index (χ4v) is 3.15. The minimum Gasteiger partial charge on any atom is -0.347 e. The van der Waals surface area contributed by atoms with Crippen LogP contribution in [0.15, 0.2) is 58.7 Å². The molecule has 0 atom stereocenters.